The molecule has 108 valence electrons. The van der Waals surface area contributed by atoms with Crippen LogP contribution in [0.15, 0.2) is 0 Å². The number of thioether (sulfide) groups is 1. The lowest BCUT2D eigenvalue weighted by molar-refractivity contribution is -0.149. The van der Waals surface area contributed by atoms with Crippen molar-refractivity contribution in [2.24, 2.45) is 5.41 Å². The topological polar surface area (TPSA) is 86.7 Å². The number of nitrogens with one attached hydrogen (secondary N) is 1. The fourth-order valence-electron chi connectivity index (χ4n) is 1.74. The summed E-state index contributed by atoms with van der Waals surface area (Å²) in [7, 11) is 0. The molecule has 3 amide bonds. The summed E-state index contributed by atoms with van der Waals surface area (Å²) in [5, 5.41) is 11.2. The van der Waals surface area contributed by atoms with E-state index in [1.165, 1.54) is 13.8 Å². The SMILES string of the molecule is CC1CSCCN1C(=O)NC(=O)CC(C)(C)C(=O)O. The third-order valence-corrected chi connectivity index (χ3v) is 4.25. The highest BCUT2D eigenvalue weighted by Crippen LogP contribution is 2.20. The summed E-state index contributed by atoms with van der Waals surface area (Å²) in [6.45, 7) is 5.45. The molecule has 1 heterocycles. The van der Waals surface area contributed by atoms with E-state index < -0.39 is 23.3 Å². The van der Waals surface area contributed by atoms with Gasteiger partial charge in [0.05, 0.1) is 5.41 Å². The third kappa shape index (κ3) is 4.41. The molecule has 0 radical (unpaired) electrons. The zero-order chi connectivity index (χ0) is 14.6. The van der Waals surface area contributed by atoms with Crippen molar-refractivity contribution < 1.29 is 19.5 Å². The number of hydrogen-bond donors (Lipinski definition) is 2. The summed E-state index contributed by atoms with van der Waals surface area (Å²) >= 11 is 1.77. The van der Waals surface area contributed by atoms with Gasteiger partial charge in [-0.05, 0) is 20.8 Å². The smallest absolute Gasteiger partial charge is 0.324 e. The van der Waals surface area contributed by atoms with E-state index in [0.29, 0.717) is 6.54 Å². The first-order valence-corrected chi connectivity index (χ1v) is 7.31. The van der Waals surface area contributed by atoms with E-state index in [0.717, 1.165) is 11.5 Å². The third-order valence-electron chi connectivity index (χ3n) is 3.06. The predicted octanol–water partition coefficient (Wildman–Crippen LogP) is 1.16. The van der Waals surface area contributed by atoms with Crippen molar-refractivity contribution in [1.82, 2.24) is 10.2 Å². The molecule has 19 heavy (non-hydrogen) atoms. The molecular weight excluding hydrogens is 268 g/mol. The Morgan fingerprint density at radius 2 is 2.05 bits per heavy atom. The van der Waals surface area contributed by atoms with Crippen LogP contribution in [0.5, 0.6) is 0 Å². The predicted molar refractivity (Wildman–Crippen MR) is 73.1 cm³/mol. The minimum Gasteiger partial charge on any atom is -0.481 e. The van der Waals surface area contributed by atoms with E-state index >= 15 is 0 Å². The van der Waals surface area contributed by atoms with Gasteiger partial charge in [0.1, 0.15) is 0 Å². The van der Waals surface area contributed by atoms with E-state index in [1.807, 2.05) is 6.92 Å². The number of imide groups is 1. The standard InChI is InChI=1S/C12H20N2O4S/c1-8-7-19-5-4-14(8)11(18)13-9(15)6-12(2,3)10(16)17/h8H,4-7H2,1-3H3,(H,16,17)(H,13,15,18). The Kier molecular flexibility index (Phi) is 5.22. The largest absolute Gasteiger partial charge is 0.481 e. The second-order valence-corrected chi connectivity index (χ2v) is 6.49. The first-order chi connectivity index (χ1) is 8.74. The Bertz CT molecular complexity index is 384. The summed E-state index contributed by atoms with van der Waals surface area (Å²) < 4.78 is 0. The van der Waals surface area contributed by atoms with Crippen molar-refractivity contribution >= 4 is 29.7 Å². The Labute approximate surface area is 116 Å². The molecule has 2 N–H and O–H groups in total. The van der Waals surface area contributed by atoms with E-state index in [4.69, 9.17) is 5.11 Å². The van der Waals surface area contributed by atoms with E-state index in [9.17, 15) is 14.4 Å². The average molecular weight is 288 g/mol. The number of carboxylic acids is 1. The van der Waals surface area contributed by atoms with Crippen molar-refractivity contribution in [1.29, 1.82) is 0 Å². The monoisotopic (exact) mass is 288 g/mol. The van der Waals surface area contributed by atoms with Crippen molar-refractivity contribution in [3.63, 3.8) is 0 Å². The molecule has 0 aliphatic carbocycles. The molecular formula is C12H20N2O4S. The summed E-state index contributed by atoms with van der Waals surface area (Å²) in [4.78, 5) is 36.1. The van der Waals surface area contributed by atoms with E-state index in [-0.39, 0.29) is 12.5 Å². The van der Waals surface area contributed by atoms with E-state index in [2.05, 4.69) is 5.32 Å². The number of carbonyl (C=O) groups is 3. The maximum atomic E-state index is 11.9. The molecule has 6 nitrogen and oxygen atoms in total. The minimum absolute atomic E-state index is 0.0824. The van der Waals surface area contributed by atoms with Crippen LogP contribution in [0.25, 0.3) is 0 Å². The Balaban J connectivity index is 2.52. The fraction of sp³-hybridized carbons (Fsp3) is 0.750. The first-order valence-electron chi connectivity index (χ1n) is 6.15. The summed E-state index contributed by atoms with van der Waals surface area (Å²) in [5.41, 5.74) is -1.17. The summed E-state index contributed by atoms with van der Waals surface area (Å²) in [5.74, 6) is 0.0927. The molecule has 0 aromatic heterocycles. The number of carbonyl (C=O) groups excluding carboxylic acids is 2. The zero-order valence-corrected chi connectivity index (χ0v) is 12.2. The number of nitrogens with zero attached hydrogens (tertiary/aromatic N) is 1. The molecule has 1 fully saturated rings. The van der Waals surface area contributed by atoms with Crippen LogP contribution in [0, 0.1) is 5.41 Å². The molecule has 1 saturated heterocycles. The van der Waals surface area contributed by atoms with Crippen LogP contribution in [0.3, 0.4) is 0 Å². The molecule has 0 bridgehead atoms. The van der Waals surface area contributed by atoms with Crippen LogP contribution in [-0.2, 0) is 9.59 Å². The Hall–Kier alpha value is -1.24. The lowest BCUT2D eigenvalue weighted by Gasteiger charge is -2.32. The first kappa shape index (κ1) is 15.8. The van der Waals surface area contributed by atoms with Crippen molar-refractivity contribution in [2.45, 2.75) is 33.2 Å². The summed E-state index contributed by atoms with van der Waals surface area (Å²) in [6, 6.07) is -0.349. The number of rotatable bonds is 3. The molecule has 1 atom stereocenters. The van der Waals surface area contributed by atoms with Gasteiger partial charge in [-0.3, -0.25) is 14.9 Å². The van der Waals surface area contributed by atoms with Gasteiger partial charge in [-0.25, -0.2) is 4.79 Å². The second-order valence-electron chi connectivity index (χ2n) is 5.34. The van der Waals surface area contributed by atoms with Crippen LogP contribution in [0.4, 0.5) is 4.79 Å². The van der Waals surface area contributed by atoms with Gasteiger partial charge in [-0.2, -0.15) is 11.8 Å². The van der Waals surface area contributed by atoms with Gasteiger partial charge in [0.25, 0.3) is 0 Å². The number of hydrogen-bond acceptors (Lipinski definition) is 4. The van der Waals surface area contributed by atoms with Crippen LogP contribution in [0.1, 0.15) is 27.2 Å². The lowest BCUT2D eigenvalue weighted by Crippen LogP contribution is -2.51. The van der Waals surface area contributed by atoms with Gasteiger partial charge < -0.3 is 10.0 Å². The van der Waals surface area contributed by atoms with Gasteiger partial charge >= 0.3 is 12.0 Å². The second kappa shape index (κ2) is 6.27. The molecule has 1 aliphatic rings. The van der Waals surface area contributed by atoms with Crippen LogP contribution < -0.4 is 5.32 Å². The Morgan fingerprint density at radius 1 is 1.42 bits per heavy atom. The highest BCUT2D eigenvalue weighted by Gasteiger charge is 2.32. The van der Waals surface area contributed by atoms with Crippen LogP contribution in [-0.4, -0.2) is 52.0 Å². The molecule has 7 heteroatoms. The number of urea groups is 1. The van der Waals surface area contributed by atoms with Gasteiger partial charge in [0, 0.05) is 30.5 Å². The maximum absolute atomic E-state index is 11.9. The molecule has 0 aromatic rings. The van der Waals surface area contributed by atoms with Crippen molar-refractivity contribution in [3.05, 3.63) is 0 Å². The molecule has 1 rings (SSSR count). The highest BCUT2D eigenvalue weighted by molar-refractivity contribution is 7.99. The highest BCUT2D eigenvalue weighted by atomic mass is 32.2. The van der Waals surface area contributed by atoms with Gasteiger partial charge in [0.2, 0.25) is 5.91 Å². The van der Waals surface area contributed by atoms with Gasteiger partial charge in [-0.15, -0.1) is 0 Å². The van der Waals surface area contributed by atoms with E-state index in [1.54, 1.807) is 16.7 Å². The molecule has 0 saturated carbocycles. The number of amides is 3. The number of aliphatic carboxylic acids is 1. The van der Waals surface area contributed by atoms with Crippen LogP contribution >= 0.6 is 11.8 Å². The maximum Gasteiger partial charge on any atom is 0.324 e. The molecule has 1 aliphatic heterocycles. The van der Waals surface area contributed by atoms with Crippen LogP contribution in [0.2, 0.25) is 0 Å². The van der Waals surface area contributed by atoms with Crippen molar-refractivity contribution in [3.8, 4) is 0 Å². The zero-order valence-electron chi connectivity index (χ0n) is 11.4. The molecule has 1 unspecified atom stereocenters. The van der Waals surface area contributed by atoms with Crippen molar-refractivity contribution in [2.75, 3.05) is 18.1 Å². The lowest BCUT2D eigenvalue weighted by atomic mass is 9.89. The van der Waals surface area contributed by atoms with Gasteiger partial charge in [-0.1, -0.05) is 0 Å². The number of carboxylic acid groups (broad SMARTS) is 1. The Morgan fingerprint density at radius 3 is 2.58 bits per heavy atom. The quantitative estimate of drug-likeness (QED) is 0.814. The fourth-order valence-corrected chi connectivity index (χ4v) is 2.75. The minimum atomic E-state index is -1.17. The average Bonchev–Trinajstić information content (AvgIpc) is 2.28. The summed E-state index contributed by atoms with van der Waals surface area (Å²) in [6.07, 6.45) is -0.217. The molecule has 0 spiro atoms. The molecule has 0 aromatic carbocycles. The van der Waals surface area contributed by atoms with Gasteiger partial charge in [0.15, 0.2) is 0 Å². The normalized spacial score (nSPS) is 19.9.